The molecule has 0 aliphatic rings. The van der Waals surface area contributed by atoms with Gasteiger partial charge in [0.1, 0.15) is 23.3 Å². The van der Waals surface area contributed by atoms with E-state index in [0.717, 1.165) is 5.56 Å². The monoisotopic (exact) mass is 506 g/mol. The van der Waals surface area contributed by atoms with Crippen LogP contribution in [0.5, 0.6) is 0 Å². The second kappa shape index (κ2) is 13.3. The van der Waals surface area contributed by atoms with E-state index in [1.54, 1.807) is 48.5 Å². The summed E-state index contributed by atoms with van der Waals surface area (Å²) in [4.78, 5) is 49.9. The number of hydrogen-bond acceptors (Lipinski definition) is 7. The second-order valence-corrected chi connectivity index (χ2v) is 11.1. The van der Waals surface area contributed by atoms with Crippen molar-refractivity contribution in [1.82, 2.24) is 10.6 Å². The summed E-state index contributed by atoms with van der Waals surface area (Å²) in [6, 6.07) is 8.37. The molecule has 2 atom stereocenters. The molecule has 0 saturated heterocycles. The van der Waals surface area contributed by atoms with Gasteiger partial charge in [0.05, 0.1) is 0 Å². The first-order chi connectivity index (χ1) is 16.5. The molecule has 0 aliphatic heterocycles. The normalized spacial score (nSPS) is 14.1. The van der Waals surface area contributed by atoms with Crippen LogP contribution in [-0.2, 0) is 35.2 Å². The van der Waals surface area contributed by atoms with Crippen LogP contribution in [0.3, 0.4) is 0 Å². The van der Waals surface area contributed by atoms with E-state index in [1.165, 1.54) is 6.92 Å². The maximum absolute atomic E-state index is 12.9. The highest BCUT2D eigenvalue weighted by Crippen LogP contribution is 2.21. The number of benzene rings is 1. The topological polar surface area (TPSA) is 120 Å². The van der Waals surface area contributed by atoms with E-state index in [4.69, 9.17) is 14.2 Å². The van der Waals surface area contributed by atoms with Gasteiger partial charge in [-0.3, -0.25) is 9.59 Å². The van der Waals surface area contributed by atoms with Crippen molar-refractivity contribution in [3.63, 3.8) is 0 Å². The van der Waals surface area contributed by atoms with Gasteiger partial charge in [0.2, 0.25) is 0 Å². The molecule has 9 heteroatoms. The SMILES string of the molecule is C[C@H](CCC(=O)OCc1ccccc1)NC(=O)N[C@@](C)(CCC(=O)OC(C)(C)C)C(=O)OC(C)(C)C. The lowest BCUT2D eigenvalue weighted by atomic mass is 9.95. The lowest BCUT2D eigenvalue weighted by Crippen LogP contribution is -2.58. The zero-order chi connectivity index (χ0) is 27.6. The molecule has 0 bridgehead atoms. The molecule has 0 fully saturated rings. The van der Waals surface area contributed by atoms with Crippen molar-refractivity contribution in [2.24, 2.45) is 0 Å². The van der Waals surface area contributed by atoms with Gasteiger partial charge in [-0.05, 0) is 73.8 Å². The Morgan fingerprint density at radius 2 is 1.42 bits per heavy atom. The number of rotatable bonds is 11. The minimum absolute atomic E-state index is 0.00948. The molecule has 0 heterocycles. The number of amides is 2. The summed E-state index contributed by atoms with van der Waals surface area (Å²) in [6.07, 6.45) is 0.374. The third kappa shape index (κ3) is 13.1. The molecule has 36 heavy (non-hydrogen) atoms. The van der Waals surface area contributed by atoms with E-state index in [1.807, 2.05) is 30.3 Å². The molecule has 0 aliphatic carbocycles. The van der Waals surface area contributed by atoms with E-state index in [-0.39, 0.29) is 37.9 Å². The van der Waals surface area contributed by atoms with Gasteiger partial charge < -0.3 is 24.8 Å². The molecule has 2 amide bonds. The molecule has 0 aromatic heterocycles. The van der Waals surface area contributed by atoms with Crippen molar-refractivity contribution in [1.29, 1.82) is 0 Å². The quantitative estimate of drug-likeness (QED) is 0.337. The third-order valence-electron chi connectivity index (χ3n) is 4.89. The minimum Gasteiger partial charge on any atom is -0.461 e. The molecule has 0 saturated carbocycles. The van der Waals surface area contributed by atoms with Crippen LogP contribution in [0.1, 0.15) is 86.6 Å². The van der Waals surface area contributed by atoms with E-state index in [2.05, 4.69) is 10.6 Å². The fourth-order valence-electron chi connectivity index (χ4n) is 3.08. The predicted octanol–water partition coefficient (Wildman–Crippen LogP) is 4.42. The van der Waals surface area contributed by atoms with Crippen LogP contribution in [0.15, 0.2) is 30.3 Å². The number of carbonyl (C=O) groups is 4. The van der Waals surface area contributed by atoms with Crippen molar-refractivity contribution in [2.45, 2.75) is 110 Å². The zero-order valence-corrected chi connectivity index (χ0v) is 22.9. The maximum Gasteiger partial charge on any atom is 0.332 e. The number of urea groups is 1. The number of carbonyl (C=O) groups excluding carboxylic acids is 4. The zero-order valence-electron chi connectivity index (χ0n) is 22.9. The first kappa shape index (κ1) is 30.9. The molecule has 0 spiro atoms. The number of hydrogen-bond donors (Lipinski definition) is 2. The van der Waals surface area contributed by atoms with E-state index < -0.39 is 34.7 Å². The van der Waals surface area contributed by atoms with Crippen molar-refractivity contribution in [3.8, 4) is 0 Å². The predicted molar refractivity (Wildman–Crippen MR) is 136 cm³/mol. The first-order valence-electron chi connectivity index (χ1n) is 12.2. The summed E-state index contributed by atoms with van der Waals surface area (Å²) in [6.45, 7) is 13.9. The number of esters is 3. The number of ether oxygens (including phenoxy) is 3. The Bertz CT molecular complexity index is 888. The Hall–Kier alpha value is -3.10. The summed E-state index contributed by atoms with van der Waals surface area (Å²) in [5.74, 6) is -1.52. The third-order valence-corrected chi connectivity index (χ3v) is 4.89. The molecule has 9 nitrogen and oxygen atoms in total. The standard InChI is InChI=1S/C27H42N2O7/c1-19(14-15-21(30)34-18-20-12-10-9-11-13-20)28-24(33)29-27(8,23(32)36-26(5,6)7)17-16-22(31)35-25(2,3)4/h9-13,19H,14-18H2,1-8H3,(H2,28,29,33)/t19-,27+/m1/s1. The van der Waals surface area contributed by atoms with Crippen LogP contribution in [0.4, 0.5) is 4.79 Å². The second-order valence-electron chi connectivity index (χ2n) is 11.1. The average Bonchev–Trinajstić information content (AvgIpc) is 2.73. The molecule has 1 rings (SSSR count). The molecule has 1 aromatic carbocycles. The highest BCUT2D eigenvalue weighted by atomic mass is 16.6. The highest BCUT2D eigenvalue weighted by molar-refractivity contribution is 5.88. The van der Waals surface area contributed by atoms with Gasteiger partial charge in [0.15, 0.2) is 0 Å². The number of nitrogens with one attached hydrogen (secondary N) is 2. The molecule has 2 N–H and O–H groups in total. The Kier molecular flexibility index (Phi) is 11.4. The van der Waals surface area contributed by atoms with Crippen molar-refractivity contribution in [3.05, 3.63) is 35.9 Å². The molecule has 1 aromatic rings. The van der Waals surface area contributed by atoms with Crippen LogP contribution < -0.4 is 10.6 Å². The molecule has 0 unspecified atom stereocenters. The lowest BCUT2D eigenvalue weighted by molar-refractivity contribution is -0.163. The van der Waals surface area contributed by atoms with Gasteiger partial charge in [-0.25, -0.2) is 9.59 Å². The van der Waals surface area contributed by atoms with Gasteiger partial charge in [0, 0.05) is 18.9 Å². The van der Waals surface area contributed by atoms with Gasteiger partial charge in [-0.2, -0.15) is 0 Å². The fraction of sp³-hybridized carbons (Fsp3) is 0.630. The highest BCUT2D eigenvalue weighted by Gasteiger charge is 2.39. The lowest BCUT2D eigenvalue weighted by Gasteiger charge is -2.32. The van der Waals surface area contributed by atoms with Crippen LogP contribution in [0, 0.1) is 0 Å². The molecular weight excluding hydrogens is 464 g/mol. The van der Waals surface area contributed by atoms with Crippen molar-refractivity contribution in [2.75, 3.05) is 0 Å². The van der Waals surface area contributed by atoms with Crippen LogP contribution >= 0.6 is 0 Å². The molecular formula is C27H42N2O7. The molecule has 0 radical (unpaired) electrons. The van der Waals surface area contributed by atoms with Crippen LogP contribution in [0.2, 0.25) is 0 Å². The van der Waals surface area contributed by atoms with Crippen molar-refractivity contribution < 1.29 is 33.4 Å². The van der Waals surface area contributed by atoms with E-state index in [9.17, 15) is 19.2 Å². The summed E-state index contributed by atoms with van der Waals surface area (Å²) in [5.41, 5.74) is -2.02. The van der Waals surface area contributed by atoms with Gasteiger partial charge in [-0.1, -0.05) is 30.3 Å². The summed E-state index contributed by atoms with van der Waals surface area (Å²) < 4.78 is 16.1. The molecule has 202 valence electrons. The van der Waals surface area contributed by atoms with E-state index in [0.29, 0.717) is 6.42 Å². The summed E-state index contributed by atoms with van der Waals surface area (Å²) in [5, 5.41) is 5.38. The van der Waals surface area contributed by atoms with Gasteiger partial charge in [-0.15, -0.1) is 0 Å². The Morgan fingerprint density at radius 3 is 1.97 bits per heavy atom. The van der Waals surface area contributed by atoms with Crippen LogP contribution in [0.25, 0.3) is 0 Å². The fourth-order valence-corrected chi connectivity index (χ4v) is 3.08. The first-order valence-corrected chi connectivity index (χ1v) is 12.2. The largest absolute Gasteiger partial charge is 0.461 e. The average molecular weight is 507 g/mol. The van der Waals surface area contributed by atoms with Crippen molar-refractivity contribution >= 4 is 23.9 Å². The van der Waals surface area contributed by atoms with Crippen LogP contribution in [-0.4, -0.2) is 46.7 Å². The Labute approximate surface area is 214 Å². The smallest absolute Gasteiger partial charge is 0.332 e. The maximum atomic E-state index is 12.9. The van der Waals surface area contributed by atoms with E-state index >= 15 is 0 Å². The Morgan fingerprint density at radius 1 is 0.833 bits per heavy atom. The minimum atomic E-state index is -1.47. The summed E-state index contributed by atoms with van der Waals surface area (Å²) >= 11 is 0. The van der Waals surface area contributed by atoms with Gasteiger partial charge in [0.25, 0.3) is 0 Å². The van der Waals surface area contributed by atoms with Gasteiger partial charge >= 0.3 is 23.9 Å². The Balaban J connectivity index is 2.66. The summed E-state index contributed by atoms with van der Waals surface area (Å²) in [7, 11) is 0.